The Bertz CT molecular complexity index is 350. The van der Waals surface area contributed by atoms with Gasteiger partial charge in [-0.2, -0.15) is 0 Å². The van der Waals surface area contributed by atoms with Crippen molar-refractivity contribution >= 4 is 9.84 Å². The minimum absolute atomic E-state index is 0.142. The smallest absolute Gasteiger partial charge is 0.151 e. The van der Waals surface area contributed by atoms with Gasteiger partial charge < -0.3 is 10.2 Å². The minimum atomic E-state index is -2.88. The number of nitrogens with zero attached hydrogens (tertiary/aromatic N) is 1. The van der Waals surface area contributed by atoms with E-state index in [0.717, 1.165) is 52.0 Å². The van der Waals surface area contributed by atoms with E-state index in [1.807, 2.05) is 0 Å². The molecule has 5 heteroatoms. The summed E-state index contributed by atoms with van der Waals surface area (Å²) in [6.45, 7) is 5.12. The topological polar surface area (TPSA) is 49.4 Å². The molecule has 2 aliphatic rings. The van der Waals surface area contributed by atoms with Crippen molar-refractivity contribution in [2.24, 2.45) is 5.92 Å². The first-order valence-electron chi connectivity index (χ1n) is 7.17. The van der Waals surface area contributed by atoms with Gasteiger partial charge in [0.2, 0.25) is 0 Å². The molecule has 4 nitrogen and oxygen atoms in total. The summed E-state index contributed by atoms with van der Waals surface area (Å²) in [5.41, 5.74) is 0. The van der Waals surface area contributed by atoms with E-state index in [0.29, 0.717) is 5.92 Å². The van der Waals surface area contributed by atoms with E-state index in [2.05, 4.69) is 10.2 Å². The summed E-state index contributed by atoms with van der Waals surface area (Å²) in [6, 6.07) is 0. The lowest BCUT2D eigenvalue weighted by Crippen LogP contribution is -2.42. The predicted octanol–water partition coefficient (Wildman–Crippen LogP) is 0.885. The van der Waals surface area contributed by atoms with Gasteiger partial charge >= 0.3 is 0 Å². The van der Waals surface area contributed by atoms with Crippen LogP contribution in [-0.2, 0) is 9.84 Å². The van der Waals surface area contributed by atoms with E-state index in [1.165, 1.54) is 19.1 Å². The van der Waals surface area contributed by atoms with E-state index >= 15 is 0 Å². The molecule has 0 aromatic heterocycles. The summed E-state index contributed by atoms with van der Waals surface area (Å²) < 4.78 is 23.5. The highest BCUT2D eigenvalue weighted by atomic mass is 32.2. The summed E-state index contributed by atoms with van der Waals surface area (Å²) in [7, 11) is -2.88. The standard InChI is InChI=1S/C13H26N2O2S/c1-18(16,17)13-6-2-3-8-15(11-13)10-12-5-4-7-14-9-12/h12-14H,2-11H2,1H3. The second-order valence-corrected chi connectivity index (χ2v) is 8.24. The molecule has 0 aromatic carbocycles. The molecular weight excluding hydrogens is 248 g/mol. The molecule has 0 aliphatic carbocycles. The van der Waals surface area contributed by atoms with Crippen molar-refractivity contribution in [2.75, 3.05) is 39.0 Å². The van der Waals surface area contributed by atoms with Gasteiger partial charge in [-0.1, -0.05) is 6.42 Å². The lowest BCUT2D eigenvalue weighted by atomic mass is 9.99. The third-order valence-electron chi connectivity index (χ3n) is 4.23. The van der Waals surface area contributed by atoms with Gasteiger partial charge in [0, 0.05) is 19.3 Å². The number of nitrogens with one attached hydrogen (secondary N) is 1. The Hall–Kier alpha value is -0.130. The van der Waals surface area contributed by atoms with Crippen molar-refractivity contribution < 1.29 is 8.42 Å². The van der Waals surface area contributed by atoms with Gasteiger partial charge in [0.1, 0.15) is 0 Å². The molecule has 0 radical (unpaired) electrons. The molecular formula is C13H26N2O2S. The van der Waals surface area contributed by atoms with Crippen LogP contribution in [0.15, 0.2) is 0 Å². The summed E-state index contributed by atoms with van der Waals surface area (Å²) >= 11 is 0. The Morgan fingerprint density at radius 2 is 2.06 bits per heavy atom. The summed E-state index contributed by atoms with van der Waals surface area (Å²) in [6.07, 6.45) is 6.98. The van der Waals surface area contributed by atoms with Crippen LogP contribution in [0.5, 0.6) is 0 Å². The van der Waals surface area contributed by atoms with Crippen molar-refractivity contribution in [1.82, 2.24) is 10.2 Å². The van der Waals surface area contributed by atoms with Crippen LogP contribution in [0.3, 0.4) is 0 Å². The fourth-order valence-electron chi connectivity index (χ4n) is 3.14. The maximum atomic E-state index is 11.7. The third-order valence-corrected chi connectivity index (χ3v) is 5.83. The lowest BCUT2D eigenvalue weighted by molar-refractivity contribution is 0.215. The van der Waals surface area contributed by atoms with Crippen LogP contribution >= 0.6 is 0 Å². The molecule has 2 aliphatic heterocycles. The largest absolute Gasteiger partial charge is 0.316 e. The second kappa shape index (κ2) is 6.35. The Morgan fingerprint density at radius 3 is 2.72 bits per heavy atom. The van der Waals surface area contributed by atoms with Gasteiger partial charge in [-0.05, 0) is 51.2 Å². The number of sulfone groups is 1. The molecule has 0 bridgehead atoms. The molecule has 2 unspecified atom stereocenters. The summed E-state index contributed by atoms with van der Waals surface area (Å²) in [5.74, 6) is 0.706. The lowest BCUT2D eigenvalue weighted by Gasteiger charge is -2.30. The number of piperidine rings is 1. The molecule has 0 spiro atoms. The van der Waals surface area contributed by atoms with Crippen LogP contribution in [0.1, 0.15) is 32.1 Å². The van der Waals surface area contributed by atoms with E-state index in [-0.39, 0.29) is 5.25 Å². The zero-order valence-electron chi connectivity index (χ0n) is 11.4. The molecule has 1 N–H and O–H groups in total. The van der Waals surface area contributed by atoms with Gasteiger partial charge in [-0.25, -0.2) is 8.42 Å². The zero-order valence-corrected chi connectivity index (χ0v) is 12.2. The fraction of sp³-hybridized carbons (Fsp3) is 1.00. The zero-order chi connectivity index (χ0) is 13.0. The number of hydrogen-bond acceptors (Lipinski definition) is 4. The molecule has 106 valence electrons. The van der Waals surface area contributed by atoms with E-state index in [4.69, 9.17) is 0 Å². The van der Waals surface area contributed by atoms with E-state index in [9.17, 15) is 8.42 Å². The first-order chi connectivity index (χ1) is 8.55. The van der Waals surface area contributed by atoms with Crippen LogP contribution in [-0.4, -0.2) is 57.5 Å². The Balaban J connectivity index is 1.90. The Kier molecular flexibility index (Phi) is 5.04. The molecule has 0 saturated carbocycles. The first-order valence-corrected chi connectivity index (χ1v) is 9.13. The Labute approximate surface area is 111 Å². The number of hydrogen-bond donors (Lipinski definition) is 1. The highest BCUT2D eigenvalue weighted by Gasteiger charge is 2.27. The predicted molar refractivity (Wildman–Crippen MR) is 74.5 cm³/mol. The number of likely N-dealkylation sites (tertiary alicyclic amines) is 1. The maximum absolute atomic E-state index is 11.7. The van der Waals surface area contributed by atoms with Gasteiger partial charge in [-0.3, -0.25) is 0 Å². The summed E-state index contributed by atoms with van der Waals surface area (Å²) in [4.78, 5) is 2.39. The van der Waals surface area contributed by atoms with Crippen molar-refractivity contribution in [3.63, 3.8) is 0 Å². The molecule has 2 rings (SSSR count). The average Bonchev–Trinajstić information content (AvgIpc) is 2.55. The average molecular weight is 274 g/mol. The number of rotatable bonds is 3. The van der Waals surface area contributed by atoms with Crippen LogP contribution in [0.25, 0.3) is 0 Å². The quantitative estimate of drug-likeness (QED) is 0.830. The van der Waals surface area contributed by atoms with E-state index < -0.39 is 9.84 Å². The van der Waals surface area contributed by atoms with Crippen molar-refractivity contribution in [3.05, 3.63) is 0 Å². The monoisotopic (exact) mass is 274 g/mol. The third kappa shape index (κ3) is 4.21. The highest BCUT2D eigenvalue weighted by molar-refractivity contribution is 7.91. The SMILES string of the molecule is CS(=O)(=O)C1CCCCN(CC2CCCNC2)C1. The van der Waals surface area contributed by atoms with Crippen LogP contribution in [0, 0.1) is 5.92 Å². The maximum Gasteiger partial charge on any atom is 0.151 e. The Morgan fingerprint density at radius 1 is 1.22 bits per heavy atom. The van der Waals surface area contributed by atoms with Crippen molar-refractivity contribution in [3.8, 4) is 0 Å². The van der Waals surface area contributed by atoms with Crippen LogP contribution in [0.2, 0.25) is 0 Å². The molecule has 2 saturated heterocycles. The van der Waals surface area contributed by atoms with Crippen LogP contribution in [0.4, 0.5) is 0 Å². The molecule has 2 fully saturated rings. The normalized spacial score (nSPS) is 32.1. The molecule has 0 aromatic rings. The summed E-state index contributed by atoms with van der Waals surface area (Å²) in [5, 5.41) is 3.29. The van der Waals surface area contributed by atoms with Crippen molar-refractivity contribution in [2.45, 2.75) is 37.4 Å². The molecule has 2 atom stereocenters. The van der Waals surface area contributed by atoms with Crippen molar-refractivity contribution in [1.29, 1.82) is 0 Å². The second-order valence-electron chi connectivity index (χ2n) is 5.92. The van der Waals surface area contributed by atoms with Gasteiger partial charge in [0.25, 0.3) is 0 Å². The van der Waals surface area contributed by atoms with E-state index in [1.54, 1.807) is 0 Å². The first kappa shape index (κ1) is 14.3. The molecule has 0 amide bonds. The highest BCUT2D eigenvalue weighted by Crippen LogP contribution is 2.19. The van der Waals surface area contributed by atoms with Crippen LogP contribution < -0.4 is 5.32 Å². The molecule has 18 heavy (non-hydrogen) atoms. The van der Waals surface area contributed by atoms with Gasteiger partial charge in [0.05, 0.1) is 5.25 Å². The van der Waals surface area contributed by atoms with Gasteiger partial charge in [-0.15, -0.1) is 0 Å². The minimum Gasteiger partial charge on any atom is -0.316 e. The fourth-order valence-corrected chi connectivity index (χ4v) is 4.21. The van der Waals surface area contributed by atoms with Gasteiger partial charge in [0.15, 0.2) is 9.84 Å². The molecule has 2 heterocycles.